The van der Waals surface area contributed by atoms with Gasteiger partial charge in [0, 0.05) is 31.9 Å². The van der Waals surface area contributed by atoms with Gasteiger partial charge in [0.2, 0.25) is 0 Å². The molecule has 1 N–H and O–H groups in total. The molecule has 0 saturated carbocycles. The number of amides is 1. The molecule has 1 aromatic carbocycles. The predicted octanol–water partition coefficient (Wildman–Crippen LogP) is 2.85. The number of hydrogen-bond donors (Lipinski definition) is 1. The van der Waals surface area contributed by atoms with E-state index >= 15 is 0 Å². The number of carboxylic acid groups (broad SMARTS) is 1. The lowest BCUT2D eigenvalue weighted by molar-refractivity contribution is 0.150. The quantitative estimate of drug-likeness (QED) is 0.922. The van der Waals surface area contributed by atoms with Gasteiger partial charge < -0.3 is 14.6 Å². The van der Waals surface area contributed by atoms with Gasteiger partial charge in [0.1, 0.15) is 0 Å². The lowest BCUT2D eigenvalue weighted by Crippen LogP contribution is -2.33. The van der Waals surface area contributed by atoms with E-state index < -0.39 is 6.09 Å². The molecule has 0 spiro atoms. The second-order valence-electron chi connectivity index (χ2n) is 5.21. The summed E-state index contributed by atoms with van der Waals surface area (Å²) in [7, 11) is 1.95. The fraction of sp³-hybridized carbons (Fsp3) is 0.250. The van der Waals surface area contributed by atoms with Gasteiger partial charge in [0.15, 0.2) is 0 Å². The second-order valence-corrected chi connectivity index (χ2v) is 5.21. The van der Waals surface area contributed by atoms with Crippen LogP contribution in [0.2, 0.25) is 0 Å². The smallest absolute Gasteiger partial charge is 0.407 e. The van der Waals surface area contributed by atoms with E-state index in [1.165, 1.54) is 10.5 Å². The number of carbonyl (C=O) groups is 1. The van der Waals surface area contributed by atoms with Gasteiger partial charge in [-0.25, -0.2) is 9.78 Å². The van der Waals surface area contributed by atoms with Gasteiger partial charge in [-0.15, -0.1) is 0 Å². The van der Waals surface area contributed by atoms with Gasteiger partial charge in [-0.3, -0.25) is 0 Å². The third-order valence-electron chi connectivity index (χ3n) is 3.74. The van der Waals surface area contributed by atoms with Crippen LogP contribution in [-0.2, 0) is 7.05 Å². The summed E-state index contributed by atoms with van der Waals surface area (Å²) in [4.78, 5) is 16.6. The van der Waals surface area contributed by atoms with Gasteiger partial charge in [0.05, 0.1) is 12.0 Å². The highest BCUT2D eigenvalue weighted by molar-refractivity contribution is 5.72. The number of hydrogen-bond acceptors (Lipinski definition) is 2. The highest BCUT2D eigenvalue weighted by Gasteiger charge is 2.16. The van der Waals surface area contributed by atoms with Crippen LogP contribution in [0, 0.1) is 0 Å². The standard InChI is InChI=1S/C16H17N3O2/c1-18-10-15(17-11-18)14-4-2-12(3-5-14)13-6-8-19(9-7-13)16(20)21/h2-6,10-11H,7-9H2,1H3,(H,20,21). The minimum Gasteiger partial charge on any atom is -0.465 e. The second kappa shape index (κ2) is 5.44. The summed E-state index contributed by atoms with van der Waals surface area (Å²) in [6, 6.07) is 8.27. The Morgan fingerprint density at radius 2 is 1.95 bits per heavy atom. The van der Waals surface area contributed by atoms with Gasteiger partial charge in [-0.2, -0.15) is 0 Å². The molecule has 21 heavy (non-hydrogen) atoms. The lowest BCUT2D eigenvalue weighted by Gasteiger charge is -2.23. The molecule has 1 amide bonds. The first-order valence-electron chi connectivity index (χ1n) is 6.89. The van der Waals surface area contributed by atoms with Crippen LogP contribution in [0.1, 0.15) is 12.0 Å². The summed E-state index contributed by atoms with van der Waals surface area (Å²) in [6.07, 6.45) is 5.67. The fourth-order valence-corrected chi connectivity index (χ4v) is 2.52. The highest BCUT2D eigenvalue weighted by atomic mass is 16.4. The molecule has 1 aromatic heterocycles. The van der Waals surface area contributed by atoms with Crippen LogP contribution in [0.5, 0.6) is 0 Å². The number of aromatic nitrogens is 2. The summed E-state index contributed by atoms with van der Waals surface area (Å²) in [6.45, 7) is 1.02. The van der Waals surface area contributed by atoms with Crippen molar-refractivity contribution in [2.45, 2.75) is 6.42 Å². The molecule has 0 saturated heterocycles. The molecule has 0 bridgehead atoms. The van der Waals surface area contributed by atoms with Crippen molar-refractivity contribution in [1.82, 2.24) is 14.5 Å². The predicted molar refractivity (Wildman–Crippen MR) is 80.8 cm³/mol. The zero-order chi connectivity index (χ0) is 14.8. The molecule has 0 aliphatic carbocycles. The Morgan fingerprint density at radius 3 is 2.48 bits per heavy atom. The topological polar surface area (TPSA) is 58.4 Å². The molecule has 0 atom stereocenters. The first kappa shape index (κ1) is 13.4. The molecule has 3 rings (SSSR count). The SMILES string of the molecule is Cn1cnc(-c2ccc(C3=CCN(C(=O)O)CC3)cc2)c1. The average Bonchev–Trinajstić information content (AvgIpc) is 2.94. The highest BCUT2D eigenvalue weighted by Crippen LogP contribution is 2.25. The molecular weight excluding hydrogens is 266 g/mol. The lowest BCUT2D eigenvalue weighted by atomic mass is 9.98. The fourth-order valence-electron chi connectivity index (χ4n) is 2.52. The van der Waals surface area contributed by atoms with Gasteiger partial charge in [0.25, 0.3) is 0 Å². The van der Waals surface area contributed by atoms with E-state index in [2.05, 4.69) is 29.2 Å². The molecule has 108 valence electrons. The van der Waals surface area contributed by atoms with E-state index in [0.29, 0.717) is 13.1 Å². The van der Waals surface area contributed by atoms with E-state index in [1.54, 1.807) is 6.33 Å². The van der Waals surface area contributed by atoms with Crippen molar-refractivity contribution in [3.05, 3.63) is 48.4 Å². The molecule has 5 nitrogen and oxygen atoms in total. The molecule has 0 unspecified atom stereocenters. The summed E-state index contributed by atoms with van der Waals surface area (Å²) >= 11 is 0. The maximum atomic E-state index is 10.9. The Balaban J connectivity index is 1.77. The van der Waals surface area contributed by atoms with Crippen LogP contribution in [0.3, 0.4) is 0 Å². The number of rotatable bonds is 2. The third kappa shape index (κ3) is 2.81. The summed E-state index contributed by atoms with van der Waals surface area (Å²) in [5, 5.41) is 8.95. The van der Waals surface area contributed by atoms with Gasteiger partial charge in [-0.05, 0) is 17.6 Å². The minimum absolute atomic E-state index is 0.465. The normalized spacial score (nSPS) is 14.9. The third-order valence-corrected chi connectivity index (χ3v) is 3.74. The molecule has 5 heteroatoms. The molecular formula is C16H17N3O2. The zero-order valence-corrected chi connectivity index (χ0v) is 11.9. The van der Waals surface area contributed by atoms with Crippen molar-refractivity contribution >= 4 is 11.7 Å². The van der Waals surface area contributed by atoms with Crippen LogP contribution in [0.15, 0.2) is 42.9 Å². The Morgan fingerprint density at radius 1 is 1.24 bits per heavy atom. The van der Waals surface area contributed by atoms with Crippen molar-refractivity contribution in [2.24, 2.45) is 7.05 Å². The minimum atomic E-state index is -0.851. The van der Waals surface area contributed by atoms with Crippen LogP contribution >= 0.6 is 0 Å². The van der Waals surface area contributed by atoms with Crippen molar-refractivity contribution in [2.75, 3.05) is 13.1 Å². The Bertz CT molecular complexity index is 686. The maximum Gasteiger partial charge on any atom is 0.407 e. The van der Waals surface area contributed by atoms with Crippen LogP contribution < -0.4 is 0 Å². The number of nitrogens with zero attached hydrogens (tertiary/aromatic N) is 3. The van der Waals surface area contributed by atoms with E-state index in [9.17, 15) is 4.79 Å². The summed E-state index contributed by atoms with van der Waals surface area (Å²) < 4.78 is 1.92. The summed E-state index contributed by atoms with van der Waals surface area (Å²) in [5.41, 5.74) is 4.40. The van der Waals surface area contributed by atoms with E-state index in [-0.39, 0.29) is 0 Å². The molecule has 1 aliphatic heterocycles. The molecule has 1 aliphatic rings. The van der Waals surface area contributed by atoms with E-state index in [4.69, 9.17) is 5.11 Å². The first-order chi connectivity index (χ1) is 10.1. The maximum absolute atomic E-state index is 10.9. The Labute approximate surface area is 123 Å². The number of benzene rings is 1. The van der Waals surface area contributed by atoms with Crippen LogP contribution in [-0.4, -0.2) is 38.7 Å². The van der Waals surface area contributed by atoms with E-state index in [0.717, 1.165) is 23.2 Å². The molecule has 0 radical (unpaired) electrons. The number of imidazole rings is 1. The van der Waals surface area contributed by atoms with Gasteiger partial charge >= 0.3 is 6.09 Å². The summed E-state index contributed by atoms with van der Waals surface area (Å²) in [5.74, 6) is 0. The monoisotopic (exact) mass is 283 g/mol. The van der Waals surface area contributed by atoms with Crippen molar-refractivity contribution in [1.29, 1.82) is 0 Å². The van der Waals surface area contributed by atoms with Gasteiger partial charge in [-0.1, -0.05) is 30.3 Å². The van der Waals surface area contributed by atoms with E-state index in [1.807, 2.05) is 23.9 Å². The first-order valence-corrected chi connectivity index (χ1v) is 6.89. The Kier molecular flexibility index (Phi) is 3.48. The van der Waals surface area contributed by atoms with Crippen molar-refractivity contribution in [3.8, 4) is 11.3 Å². The molecule has 2 heterocycles. The van der Waals surface area contributed by atoms with Crippen molar-refractivity contribution < 1.29 is 9.90 Å². The van der Waals surface area contributed by atoms with Crippen LogP contribution in [0.4, 0.5) is 4.79 Å². The number of aryl methyl sites for hydroxylation is 1. The molecule has 2 aromatic rings. The van der Waals surface area contributed by atoms with Crippen molar-refractivity contribution in [3.63, 3.8) is 0 Å². The Hall–Kier alpha value is -2.56. The van der Waals surface area contributed by atoms with Crippen LogP contribution in [0.25, 0.3) is 16.8 Å². The zero-order valence-electron chi connectivity index (χ0n) is 11.9. The molecule has 0 fully saturated rings. The average molecular weight is 283 g/mol. The largest absolute Gasteiger partial charge is 0.465 e.